The van der Waals surface area contributed by atoms with Crippen LogP contribution in [-0.2, 0) is 18.3 Å². The Morgan fingerprint density at radius 1 is 1.00 bits per heavy atom. The molecule has 0 aliphatic heterocycles. The lowest BCUT2D eigenvalue weighted by Crippen LogP contribution is -2.35. The van der Waals surface area contributed by atoms with E-state index in [-0.39, 0.29) is 18.2 Å². The maximum Gasteiger partial charge on any atom is 0.253 e. The quantitative estimate of drug-likeness (QED) is 0.656. The fourth-order valence-electron chi connectivity index (χ4n) is 2.85. The summed E-state index contributed by atoms with van der Waals surface area (Å²) in [6, 6.07) is 14.9. The molecule has 0 aliphatic carbocycles. The predicted octanol–water partition coefficient (Wildman–Crippen LogP) is 2.92. The van der Waals surface area contributed by atoms with Crippen molar-refractivity contribution in [1.82, 2.24) is 15.2 Å². The number of nitrogens with zero attached hydrogens (tertiary/aromatic N) is 1. The second-order valence-corrected chi connectivity index (χ2v) is 6.52. The largest absolute Gasteiger partial charge is 0.354 e. The Balaban J connectivity index is 1.47. The van der Waals surface area contributed by atoms with Crippen LogP contribution in [0.1, 0.15) is 15.9 Å². The molecule has 0 bridgehead atoms. The zero-order valence-electron chi connectivity index (χ0n) is 14.5. The topological polar surface area (TPSA) is 63.1 Å². The zero-order valence-corrected chi connectivity index (χ0v) is 15.2. The summed E-state index contributed by atoms with van der Waals surface area (Å²) >= 11 is 5.83. The molecular weight excluding hydrogens is 350 g/mol. The van der Waals surface area contributed by atoms with Gasteiger partial charge in [-0.1, -0.05) is 41.9 Å². The van der Waals surface area contributed by atoms with E-state index < -0.39 is 0 Å². The molecule has 0 saturated carbocycles. The number of carbonyl (C=O) groups is 2. The van der Waals surface area contributed by atoms with Gasteiger partial charge >= 0.3 is 0 Å². The third-order valence-corrected chi connectivity index (χ3v) is 4.40. The van der Waals surface area contributed by atoms with Gasteiger partial charge in [-0.05, 0) is 23.8 Å². The number of aryl methyl sites for hydroxylation is 1. The maximum absolute atomic E-state index is 12.4. The Hall–Kier alpha value is -2.79. The minimum atomic E-state index is -0.145. The van der Waals surface area contributed by atoms with Crippen LogP contribution in [0.2, 0.25) is 5.02 Å². The van der Waals surface area contributed by atoms with Gasteiger partial charge in [0.25, 0.3) is 5.91 Å². The van der Waals surface area contributed by atoms with Crippen LogP contribution in [0.25, 0.3) is 10.9 Å². The van der Waals surface area contributed by atoms with E-state index in [0.29, 0.717) is 23.7 Å². The van der Waals surface area contributed by atoms with Crippen molar-refractivity contribution < 1.29 is 9.59 Å². The molecule has 26 heavy (non-hydrogen) atoms. The van der Waals surface area contributed by atoms with Crippen LogP contribution >= 0.6 is 11.6 Å². The number of halogens is 1. The lowest BCUT2D eigenvalue weighted by Gasteiger charge is -2.07. The number of aromatic nitrogens is 1. The summed E-state index contributed by atoms with van der Waals surface area (Å²) < 4.78 is 1.93. The number of rotatable bonds is 6. The Bertz CT molecular complexity index is 932. The molecule has 0 spiro atoms. The summed E-state index contributed by atoms with van der Waals surface area (Å²) in [7, 11) is 1.91. The lowest BCUT2D eigenvalue weighted by molar-refractivity contribution is -0.120. The van der Waals surface area contributed by atoms with E-state index in [2.05, 4.69) is 10.6 Å². The van der Waals surface area contributed by atoms with Gasteiger partial charge in [0.15, 0.2) is 0 Å². The van der Waals surface area contributed by atoms with Crippen LogP contribution in [0.4, 0.5) is 0 Å². The van der Waals surface area contributed by atoms with Crippen molar-refractivity contribution in [3.8, 4) is 0 Å². The average molecular weight is 370 g/mol. The highest BCUT2D eigenvalue weighted by atomic mass is 35.5. The van der Waals surface area contributed by atoms with E-state index in [1.807, 2.05) is 54.2 Å². The number of para-hydroxylation sites is 1. The van der Waals surface area contributed by atoms with Crippen molar-refractivity contribution in [3.05, 3.63) is 70.9 Å². The molecule has 134 valence electrons. The van der Waals surface area contributed by atoms with Crippen molar-refractivity contribution in [2.75, 3.05) is 13.1 Å². The summed E-state index contributed by atoms with van der Waals surface area (Å²) in [4.78, 5) is 24.3. The molecule has 1 heterocycles. The summed E-state index contributed by atoms with van der Waals surface area (Å²) in [6.07, 6.45) is 2.10. The first kappa shape index (κ1) is 18.0. The second kappa shape index (κ2) is 8.06. The van der Waals surface area contributed by atoms with Crippen molar-refractivity contribution in [2.45, 2.75) is 6.42 Å². The normalized spacial score (nSPS) is 10.7. The van der Waals surface area contributed by atoms with Gasteiger partial charge in [-0.15, -0.1) is 0 Å². The molecular formula is C20H20ClN3O2. The Kier molecular flexibility index (Phi) is 5.58. The zero-order chi connectivity index (χ0) is 18.5. The van der Waals surface area contributed by atoms with E-state index in [9.17, 15) is 9.59 Å². The van der Waals surface area contributed by atoms with Crippen LogP contribution in [-0.4, -0.2) is 29.5 Å². The van der Waals surface area contributed by atoms with Gasteiger partial charge in [0, 0.05) is 42.3 Å². The highest BCUT2D eigenvalue weighted by Gasteiger charge is 2.13. The third-order valence-electron chi connectivity index (χ3n) is 4.15. The maximum atomic E-state index is 12.4. The van der Waals surface area contributed by atoms with Crippen LogP contribution in [0.15, 0.2) is 54.7 Å². The van der Waals surface area contributed by atoms with E-state index in [4.69, 9.17) is 11.6 Å². The summed E-state index contributed by atoms with van der Waals surface area (Å²) in [5.41, 5.74) is 2.54. The van der Waals surface area contributed by atoms with Crippen LogP contribution in [0, 0.1) is 0 Å². The van der Waals surface area contributed by atoms with Gasteiger partial charge in [-0.3, -0.25) is 9.59 Å². The van der Waals surface area contributed by atoms with Gasteiger partial charge in [-0.25, -0.2) is 0 Å². The molecule has 0 radical (unpaired) electrons. The highest BCUT2D eigenvalue weighted by Crippen LogP contribution is 2.19. The molecule has 0 atom stereocenters. The summed E-state index contributed by atoms with van der Waals surface area (Å²) in [6.45, 7) is 0.747. The second-order valence-electron chi connectivity index (χ2n) is 6.08. The van der Waals surface area contributed by atoms with Crippen molar-refractivity contribution in [1.29, 1.82) is 0 Å². The molecule has 5 nitrogen and oxygen atoms in total. The van der Waals surface area contributed by atoms with Crippen LogP contribution in [0.3, 0.4) is 0 Å². The molecule has 0 unspecified atom stereocenters. The molecule has 6 heteroatoms. The first-order chi connectivity index (χ1) is 12.5. The third kappa shape index (κ3) is 4.24. The molecule has 2 aromatic carbocycles. The van der Waals surface area contributed by atoms with E-state index in [0.717, 1.165) is 16.5 Å². The number of fused-ring (bicyclic) bond motifs is 1. The number of hydrogen-bond donors (Lipinski definition) is 2. The smallest absolute Gasteiger partial charge is 0.253 e. The van der Waals surface area contributed by atoms with Crippen LogP contribution in [0.5, 0.6) is 0 Å². The molecule has 3 rings (SSSR count). The van der Waals surface area contributed by atoms with Gasteiger partial charge in [0.2, 0.25) is 5.91 Å². The highest BCUT2D eigenvalue weighted by molar-refractivity contribution is 6.30. The van der Waals surface area contributed by atoms with Crippen molar-refractivity contribution in [2.24, 2.45) is 7.05 Å². The molecule has 2 amide bonds. The Morgan fingerprint density at radius 3 is 2.46 bits per heavy atom. The summed E-state index contributed by atoms with van der Waals surface area (Å²) in [5.74, 6) is -0.236. The molecule has 0 fully saturated rings. The first-order valence-electron chi connectivity index (χ1n) is 8.38. The monoisotopic (exact) mass is 369 g/mol. The molecule has 0 saturated heterocycles. The first-order valence-corrected chi connectivity index (χ1v) is 8.76. The lowest BCUT2D eigenvalue weighted by atomic mass is 10.1. The van der Waals surface area contributed by atoms with Gasteiger partial charge in [0.05, 0.1) is 12.0 Å². The summed E-state index contributed by atoms with van der Waals surface area (Å²) in [5, 5.41) is 7.21. The van der Waals surface area contributed by atoms with E-state index >= 15 is 0 Å². The Morgan fingerprint density at radius 2 is 1.69 bits per heavy atom. The fraction of sp³-hybridized carbons (Fsp3) is 0.200. The van der Waals surface area contributed by atoms with Crippen molar-refractivity contribution in [3.63, 3.8) is 0 Å². The molecule has 3 aromatic rings. The number of hydrogen-bond acceptors (Lipinski definition) is 2. The molecule has 0 aliphatic rings. The van der Waals surface area contributed by atoms with E-state index in [1.54, 1.807) is 12.1 Å². The van der Waals surface area contributed by atoms with Gasteiger partial charge in [0.1, 0.15) is 0 Å². The average Bonchev–Trinajstić information content (AvgIpc) is 2.98. The number of carbonyl (C=O) groups excluding carboxylic acids is 2. The predicted molar refractivity (Wildman–Crippen MR) is 103 cm³/mol. The fourth-order valence-corrected chi connectivity index (χ4v) is 2.97. The number of amides is 2. The van der Waals surface area contributed by atoms with Gasteiger partial charge < -0.3 is 15.2 Å². The SMILES string of the molecule is Cn1cc(C(=O)NCCNC(=O)Cc2ccc(Cl)cc2)c2ccccc21. The van der Waals surface area contributed by atoms with Gasteiger partial charge in [-0.2, -0.15) is 0 Å². The molecule has 1 aromatic heterocycles. The Labute approximate surface area is 157 Å². The number of nitrogens with one attached hydrogen (secondary N) is 2. The standard InChI is InChI=1S/C20H20ClN3O2/c1-24-13-17(16-4-2-3-5-18(16)24)20(26)23-11-10-22-19(25)12-14-6-8-15(21)9-7-14/h2-9,13H,10-12H2,1H3,(H,22,25)(H,23,26). The number of benzene rings is 2. The molecule has 2 N–H and O–H groups in total. The van der Waals surface area contributed by atoms with Crippen LogP contribution < -0.4 is 10.6 Å². The minimum Gasteiger partial charge on any atom is -0.354 e. The van der Waals surface area contributed by atoms with Crippen molar-refractivity contribution >= 4 is 34.3 Å². The van der Waals surface area contributed by atoms with E-state index in [1.165, 1.54) is 0 Å². The minimum absolute atomic E-state index is 0.0910.